The SMILES string of the molecule is C=CCCC1CCC(/C=C/C2CCC(c3ccc(-c4ccc(OCC)c(F)c4F)cc3)CC2)CC1. The van der Waals surface area contributed by atoms with Gasteiger partial charge in [-0.2, -0.15) is 4.39 Å². The molecule has 0 N–H and O–H groups in total. The first-order valence-corrected chi connectivity index (χ1v) is 13.6. The van der Waals surface area contributed by atoms with E-state index in [9.17, 15) is 8.78 Å². The van der Waals surface area contributed by atoms with Gasteiger partial charge in [0.15, 0.2) is 11.6 Å². The Kier molecular flexibility index (Phi) is 9.18. The fourth-order valence-corrected chi connectivity index (χ4v) is 5.94. The van der Waals surface area contributed by atoms with Gasteiger partial charge in [-0.1, -0.05) is 42.5 Å². The van der Waals surface area contributed by atoms with Crippen LogP contribution in [-0.2, 0) is 0 Å². The minimum Gasteiger partial charge on any atom is -0.491 e. The van der Waals surface area contributed by atoms with E-state index in [2.05, 4.69) is 36.9 Å². The molecule has 2 saturated carbocycles. The Hall–Kier alpha value is -2.42. The molecule has 2 aliphatic carbocycles. The summed E-state index contributed by atoms with van der Waals surface area (Å²) in [6, 6.07) is 11.1. The summed E-state index contributed by atoms with van der Waals surface area (Å²) in [5, 5.41) is 0. The molecular formula is C32H40F2O. The molecule has 2 aromatic carbocycles. The average Bonchev–Trinajstić information content (AvgIpc) is 2.90. The van der Waals surface area contributed by atoms with Gasteiger partial charge in [-0.05, 0) is 118 Å². The number of rotatable bonds is 9. The first-order valence-electron chi connectivity index (χ1n) is 13.6. The third kappa shape index (κ3) is 6.63. The maximum absolute atomic E-state index is 14.6. The molecule has 2 aliphatic rings. The summed E-state index contributed by atoms with van der Waals surface area (Å²) in [7, 11) is 0. The summed E-state index contributed by atoms with van der Waals surface area (Å²) in [6.45, 7) is 5.92. The van der Waals surface area contributed by atoms with Crippen molar-refractivity contribution in [2.24, 2.45) is 17.8 Å². The highest BCUT2D eigenvalue weighted by molar-refractivity contribution is 5.65. The van der Waals surface area contributed by atoms with Crippen LogP contribution in [0, 0.1) is 29.4 Å². The molecule has 0 heterocycles. The van der Waals surface area contributed by atoms with Crippen molar-refractivity contribution in [1.82, 2.24) is 0 Å². The lowest BCUT2D eigenvalue weighted by molar-refractivity contribution is 0.295. The smallest absolute Gasteiger partial charge is 0.201 e. The van der Waals surface area contributed by atoms with Crippen molar-refractivity contribution in [3.8, 4) is 16.9 Å². The van der Waals surface area contributed by atoms with Crippen LogP contribution >= 0.6 is 0 Å². The normalized spacial score (nSPS) is 25.0. The second kappa shape index (κ2) is 12.5. The fourth-order valence-electron chi connectivity index (χ4n) is 5.94. The zero-order valence-corrected chi connectivity index (χ0v) is 21.2. The molecule has 2 fully saturated rings. The van der Waals surface area contributed by atoms with Gasteiger partial charge in [0.05, 0.1) is 6.61 Å². The number of halogens is 2. The van der Waals surface area contributed by atoms with Crippen LogP contribution in [0.25, 0.3) is 11.1 Å². The Morgan fingerprint density at radius 2 is 1.46 bits per heavy atom. The van der Waals surface area contributed by atoms with Crippen molar-refractivity contribution in [2.75, 3.05) is 6.61 Å². The van der Waals surface area contributed by atoms with Gasteiger partial charge >= 0.3 is 0 Å². The monoisotopic (exact) mass is 478 g/mol. The van der Waals surface area contributed by atoms with E-state index >= 15 is 0 Å². The van der Waals surface area contributed by atoms with Crippen LogP contribution in [0.2, 0.25) is 0 Å². The van der Waals surface area contributed by atoms with Gasteiger partial charge in [-0.25, -0.2) is 4.39 Å². The molecule has 188 valence electrons. The molecule has 0 atom stereocenters. The van der Waals surface area contributed by atoms with Crippen LogP contribution in [0.4, 0.5) is 8.78 Å². The van der Waals surface area contributed by atoms with Gasteiger partial charge < -0.3 is 4.74 Å². The van der Waals surface area contributed by atoms with E-state index in [1.54, 1.807) is 13.0 Å². The van der Waals surface area contributed by atoms with Gasteiger partial charge in [-0.15, -0.1) is 6.58 Å². The van der Waals surface area contributed by atoms with Crippen LogP contribution in [0.15, 0.2) is 61.2 Å². The molecule has 1 nitrogen and oxygen atoms in total. The summed E-state index contributed by atoms with van der Waals surface area (Å²) in [5.74, 6) is 1.13. The first-order chi connectivity index (χ1) is 17.1. The van der Waals surface area contributed by atoms with Crippen molar-refractivity contribution in [1.29, 1.82) is 0 Å². The Morgan fingerprint density at radius 1 is 0.829 bits per heavy atom. The molecule has 4 rings (SSSR count). The topological polar surface area (TPSA) is 9.23 Å². The summed E-state index contributed by atoms with van der Waals surface area (Å²) in [5.41, 5.74) is 2.28. The van der Waals surface area contributed by atoms with Crippen molar-refractivity contribution in [2.45, 2.75) is 77.0 Å². The third-order valence-electron chi connectivity index (χ3n) is 8.14. The number of ether oxygens (including phenoxy) is 1. The van der Waals surface area contributed by atoms with E-state index in [0.717, 1.165) is 18.3 Å². The van der Waals surface area contributed by atoms with Crippen molar-refractivity contribution in [3.63, 3.8) is 0 Å². The van der Waals surface area contributed by atoms with Gasteiger partial charge in [0.25, 0.3) is 0 Å². The Bertz CT molecular complexity index is 977. The Balaban J connectivity index is 1.27. The van der Waals surface area contributed by atoms with Gasteiger partial charge in [0.1, 0.15) is 0 Å². The van der Waals surface area contributed by atoms with Crippen LogP contribution in [-0.4, -0.2) is 6.61 Å². The van der Waals surface area contributed by atoms with E-state index < -0.39 is 11.6 Å². The summed E-state index contributed by atoms with van der Waals surface area (Å²) >= 11 is 0. The molecule has 0 radical (unpaired) electrons. The minimum atomic E-state index is -0.916. The second-order valence-electron chi connectivity index (χ2n) is 10.4. The Labute approximate surface area is 210 Å². The van der Waals surface area contributed by atoms with Crippen LogP contribution in [0.5, 0.6) is 5.75 Å². The fraction of sp³-hybridized carbons (Fsp3) is 0.500. The van der Waals surface area contributed by atoms with Crippen molar-refractivity contribution in [3.05, 3.63) is 78.4 Å². The molecule has 0 aromatic heterocycles. The lowest BCUT2D eigenvalue weighted by Crippen LogP contribution is -2.14. The molecule has 0 amide bonds. The summed E-state index contributed by atoms with van der Waals surface area (Å²) in [6.07, 6.45) is 19.8. The average molecular weight is 479 g/mol. The van der Waals surface area contributed by atoms with E-state index in [-0.39, 0.29) is 11.3 Å². The molecule has 0 bridgehead atoms. The molecule has 0 unspecified atom stereocenters. The predicted molar refractivity (Wildman–Crippen MR) is 142 cm³/mol. The third-order valence-corrected chi connectivity index (χ3v) is 8.14. The van der Waals surface area contributed by atoms with Crippen molar-refractivity contribution < 1.29 is 13.5 Å². The van der Waals surface area contributed by atoms with Gasteiger partial charge in [0.2, 0.25) is 5.82 Å². The van der Waals surface area contributed by atoms with E-state index in [1.165, 1.54) is 69.4 Å². The molecule has 3 heteroatoms. The number of benzene rings is 2. The molecule has 0 aliphatic heterocycles. The second-order valence-corrected chi connectivity index (χ2v) is 10.4. The van der Waals surface area contributed by atoms with E-state index in [0.29, 0.717) is 24.0 Å². The van der Waals surface area contributed by atoms with Gasteiger partial charge in [-0.3, -0.25) is 0 Å². The summed E-state index contributed by atoms with van der Waals surface area (Å²) in [4.78, 5) is 0. The molecule has 35 heavy (non-hydrogen) atoms. The quantitative estimate of drug-likeness (QED) is 0.326. The van der Waals surface area contributed by atoms with Gasteiger partial charge in [0, 0.05) is 5.56 Å². The van der Waals surface area contributed by atoms with E-state index in [1.807, 2.05) is 12.1 Å². The lowest BCUT2D eigenvalue weighted by atomic mass is 9.76. The zero-order chi connectivity index (χ0) is 24.6. The number of hydrogen-bond donors (Lipinski definition) is 0. The first kappa shape index (κ1) is 25.7. The summed E-state index contributed by atoms with van der Waals surface area (Å²) < 4.78 is 34.0. The zero-order valence-electron chi connectivity index (χ0n) is 21.2. The van der Waals surface area contributed by atoms with E-state index in [4.69, 9.17) is 4.74 Å². The number of allylic oxidation sites excluding steroid dienone is 3. The van der Waals surface area contributed by atoms with Crippen LogP contribution < -0.4 is 4.74 Å². The lowest BCUT2D eigenvalue weighted by Gasteiger charge is -2.29. The maximum Gasteiger partial charge on any atom is 0.201 e. The maximum atomic E-state index is 14.6. The van der Waals surface area contributed by atoms with Crippen molar-refractivity contribution >= 4 is 0 Å². The molecule has 0 saturated heterocycles. The van der Waals surface area contributed by atoms with Crippen LogP contribution in [0.1, 0.15) is 82.6 Å². The number of hydrogen-bond acceptors (Lipinski definition) is 1. The minimum absolute atomic E-state index is 0.0348. The molecular weight excluding hydrogens is 438 g/mol. The van der Waals surface area contributed by atoms with Crippen LogP contribution in [0.3, 0.4) is 0 Å². The highest BCUT2D eigenvalue weighted by Gasteiger charge is 2.23. The molecule has 0 spiro atoms. The molecule has 2 aromatic rings. The standard InChI is InChI=1S/C32H40F2O/c1-3-5-6-23-7-9-24(10-8-23)11-12-25-13-15-26(16-14-25)27-17-19-28(20-18-27)29-21-22-30(35-4-2)32(34)31(29)33/h3,11-12,17-26H,1,4-10,13-16H2,2H3/b12-11+. The largest absolute Gasteiger partial charge is 0.491 e. The predicted octanol–water partition coefficient (Wildman–Crippen LogP) is 9.63. The highest BCUT2D eigenvalue weighted by atomic mass is 19.2. The Morgan fingerprint density at radius 3 is 2.06 bits per heavy atom. The highest BCUT2D eigenvalue weighted by Crippen LogP contribution is 2.39.